The Bertz CT molecular complexity index is 612. The molecule has 1 aliphatic heterocycles. The molecule has 0 N–H and O–H groups in total. The van der Waals surface area contributed by atoms with Crippen LogP contribution in [0.25, 0.3) is 0 Å². The van der Waals surface area contributed by atoms with Gasteiger partial charge in [-0.05, 0) is 55.1 Å². The van der Waals surface area contributed by atoms with Gasteiger partial charge in [0, 0.05) is 6.42 Å². The maximum atomic E-state index is 12.3. The molecule has 0 amide bonds. The number of cyclic esters (lactones) is 1. The van der Waals surface area contributed by atoms with Crippen LogP contribution < -0.4 is 0 Å². The first-order valence-electron chi connectivity index (χ1n) is 13.0. The van der Waals surface area contributed by atoms with Crippen LogP contribution in [0, 0.1) is 11.8 Å². The van der Waals surface area contributed by atoms with E-state index in [1.807, 2.05) is 0 Å². The second-order valence-electron chi connectivity index (χ2n) is 9.94. The summed E-state index contributed by atoms with van der Waals surface area (Å²) in [6.45, 7) is 4.53. The number of carbonyl (C=O) groups is 1. The Morgan fingerprint density at radius 2 is 1.37 bits per heavy atom. The van der Waals surface area contributed by atoms with E-state index in [1.165, 1.54) is 88.2 Å². The van der Waals surface area contributed by atoms with Crippen molar-refractivity contribution in [3.63, 3.8) is 0 Å². The highest BCUT2D eigenvalue weighted by Crippen LogP contribution is 2.40. The van der Waals surface area contributed by atoms with Gasteiger partial charge in [-0.25, -0.2) is 0 Å². The number of hydrogen-bond donors (Lipinski definition) is 0. The molecule has 3 rings (SSSR count). The predicted molar refractivity (Wildman–Crippen MR) is 126 cm³/mol. The molecule has 2 heteroatoms. The van der Waals surface area contributed by atoms with Crippen LogP contribution in [0.4, 0.5) is 0 Å². The molecule has 0 spiro atoms. The van der Waals surface area contributed by atoms with Crippen LogP contribution in [0.1, 0.15) is 133 Å². The Kier molecular flexibility index (Phi) is 9.75. The standard InChI is InChI=1S/C28H44O2/c1-3-5-7-8-10-12-26-21-27(30-28(26)29)25-19-17-24(18-20-25)23-15-13-22(14-16-23)11-9-6-4-2/h17-20,22-23,26-27H,3-16,21H2,1-2H3. The minimum absolute atomic E-state index is 0.0264. The van der Waals surface area contributed by atoms with E-state index in [1.54, 1.807) is 0 Å². The zero-order valence-corrected chi connectivity index (χ0v) is 19.5. The van der Waals surface area contributed by atoms with Gasteiger partial charge in [-0.2, -0.15) is 0 Å². The summed E-state index contributed by atoms with van der Waals surface area (Å²) in [6, 6.07) is 9.07. The Morgan fingerprint density at radius 3 is 2.07 bits per heavy atom. The van der Waals surface area contributed by atoms with Crippen molar-refractivity contribution in [2.24, 2.45) is 11.8 Å². The maximum Gasteiger partial charge on any atom is 0.309 e. The van der Waals surface area contributed by atoms with Crippen molar-refractivity contribution >= 4 is 5.97 Å². The summed E-state index contributed by atoms with van der Waals surface area (Å²) in [5, 5.41) is 0. The molecule has 1 heterocycles. The third kappa shape index (κ3) is 6.86. The van der Waals surface area contributed by atoms with E-state index in [9.17, 15) is 4.79 Å². The van der Waals surface area contributed by atoms with E-state index >= 15 is 0 Å². The molecule has 30 heavy (non-hydrogen) atoms. The van der Waals surface area contributed by atoms with Gasteiger partial charge in [0.25, 0.3) is 0 Å². The molecule has 1 saturated carbocycles. The summed E-state index contributed by atoms with van der Waals surface area (Å²) in [7, 11) is 0. The zero-order valence-electron chi connectivity index (χ0n) is 19.5. The van der Waals surface area contributed by atoms with Crippen molar-refractivity contribution in [1.29, 1.82) is 0 Å². The van der Waals surface area contributed by atoms with E-state index in [-0.39, 0.29) is 18.0 Å². The predicted octanol–water partition coefficient (Wildman–Crippen LogP) is 8.51. The average Bonchev–Trinajstić information content (AvgIpc) is 3.15. The minimum Gasteiger partial charge on any atom is -0.457 e. The SMILES string of the molecule is CCCCCCCC1CC(c2ccc(C3CCC(CCCCC)CC3)cc2)OC1=O. The highest BCUT2D eigenvalue weighted by atomic mass is 16.5. The van der Waals surface area contributed by atoms with Gasteiger partial charge in [-0.15, -0.1) is 0 Å². The van der Waals surface area contributed by atoms with Crippen LogP contribution in [0.3, 0.4) is 0 Å². The molecule has 1 aromatic rings. The summed E-state index contributed by atoms with van der Waals surface area (Å²) in [4.78, 5) is 12.3. The fourth-order valence-corrected chi connectivity index (χ4v) is 5.52. The van der Waals surface area contributed by atoms with Gasteiger partial charge in [-0.1, -0.05) is 95.9 Å². The lowest BCUT2D eigenvalue weighted by Crippen LogP contribution is -2.13. The molecule has 168 valence electrons. The normalized spacial score (nSPS) is 26.7. The van der Waals surface area contributed by atoms with Gasteiger partial charge >= 0.3 is 5.97 Å². The second kappa shape index (κ2) is 12.5. The molecule has 2 nitrogen and oxygen atoms in total. The topological polar surface area (TPSA) is 26.3 Å². The van der Waals surface area contributed by atoms with Crippen molar-refractivity contribution in [3.8, 4) is 0 Å². The fourth-order valence-electron chi connectivity index (χ4n) is 5.52. The van der Waals surface area contributed by atoms with Crippen LogP contribution in [0.15, 0.2) is 24.3 Å². The van der Waals surface area contributed by atoms with Crippen molar-refractivity contribution in [3.05, 3.63) is 35.4 Å². The number of hydrogen-bond acceptors (Lipinski definition) is 2. The zero-order chi connectivity index (χ0) is 21.2. The van der Waals surface area contributed by atoms with E-state index in [0.717, 1.165) is 31.1 Å². The molecule has 2 unspecified atom stereocenters. The van der Waals surface area contributed by atoms with Gasteiger partial charge in [0.1, 0.15) is 6.10 Å². The van der Waals surface area contributed by atoms with Gasteiger partial charge < -0.3 is 4.74 Å². The van der Waals surface area contributed by atoms with Crippen molar-refractivity contribution in [2.45, 2.75) is 122 Å². The third-order valence-electron chi connectivity index (χ3n) is 7.59. The van der Waals surface area contributed by atoms with Crippen LogP contribution >= 0.6 is 0 Å². The highest BCUT2D eigenvalue weighted by molar-refractivity contribution is 5.74. The number of esters is 1. The summed E-state index contributed by atoms with van der Waals surface area (Å²) in [5.41, 5.74) is 2.68. The van der Waals surface area contributed by atoms with Crippen LogP contribution in [-0.2, 0) is 9.53 Å². The molecule has 1 aliphatic carbocycles. The molecule has 1 saturated heterocycles. The van der Waals surface area contributed by atoms with Gasteiger partial charge in [0.15, 0.2) is 0 Å². The first-order chi connectivity index (χ1) is 14.7. The largest absolute Gasteiger partial charge is 0.457 e. The molecule has 1 aromatic carbocycles. The van der Waals surface area contributed by atoms with E-state index in [0.29, 0.717) is 0 Å². The Hall–Kier alpha value is -1.31. The summed E-state index contributed by atoms with van der Waals surface area (Å²) in [5.74, 6) is 1.83. The summed E-state index contributed by atoms with van der Waals surface area (Å²) < 4.78 is 5.75. The summed E-state index contributed by atoms with van der Waals surface area (Å²) in [6.07, 6.45) is 19.2. The van der Waals surface area contributed by atoms with E-state index in [2.05, 4.69) is 38.1 Å². The van der Waals surface area contributed by atoms with Crippen LogP contribution in [-0.4, -0.2) is 5.97 Å². The lowest BCUT2D eigenvalue weighted by atomic mass is 9.77. The van der Waals surface area contributed by atoms with Crippen LogP contribution in [0.5, 0.6) is 0 Å². The van der Waals surface area contributed by atoms with Crippen molar-refractivity contribution in [2.75, 3.05) is 0 Å². The van der Waals surface area contributed by atoms with Crippen LogP contribution in [0.2, 0.25) is 0 Å². The molecule has 0 aromatic heterocycles. The molecule has 2 atom stereocenters. The quantitative estimate of drug-likeness (QED) is 0.254. The first-order valence-corrected chi connectivity index (χ1v) is 13.0. The molecule has 0 bridgehead atoms. The molecule has 2 aliphatic rings. The first kappa shape index (κ1) is 23.4. The number of carbonyl (C=O) groups excluding carboxylic acids is 1. The number of benzene rings is 1. The van der Waals surface area contributed by atoms with Gasteiger partial charge in [-0.3, -0.25) is 4.79 Å². The molecular formula is C28H44O2. The molecule has 0 radical (unpaired) electrons. The van der Waals surface area contributed by atoms with Gasteiger partial charge in [0.2, 0.25) is 0 Å². The lowest BCUT2D eigenvalue weighted by molar-refractivity contribution is -0.144. The number of rotatable bonds is 12. The Morgan fingerprint density at radius 1 is 0.767 bits per heavy atom. The third-order valence-corrected chi connectivity index (χ3v) is 7.59. The van der Waals surface area contributed by atoms with E-state index < -0.39 is 0 Å². The number of ether oxygens (including phenoxy) is 1. The van der Waals surface area contributed by atoms with Crippen molar-refractivity contribution < 1.29 is 9.53 Å². The molecular weight excluding hydrogens is 368 g/mol. The second-order valence-corrected chi connectivity index (χ2v) is 9.94. The monoisotopic (exact) mass is 412 g/mol. The Balaban J connectivity index is 1.43. The van der Waals surface area contributed by atoms with Gasteiger partial charge in [0.05, 0.1) is 5.92 Å². The van der Waals surface area contributed by atoms with E-state index in [4.69, 9.17) is 4.74 Å². The maximum absolute atomic E-state index is 12.3. The highest BCUT2D eigenvalue weighted by Gasteiger charge is 2.34. The minimum atomic E-state index is -0.0264. The molecule has 2 fully saturated rings. The fraction of sp³-hybridized carbons (Fsp3) is 0.750. The average molecular weight is 413 g/mol. The Labute approximate surface area is 185 Å². The van der Waals surface area contributed by atoms with Crippen molar-refractivity contribution in [1.82, 2.24) is 0 Å². The smallest absolute Gasteiger partial charge is 0.309 e. The number of unbranched alkanes of at least 4 members (excludes halogenated alkanes) is 6. The summed E-state index contributed by atoms with van der Waals surface area (Å²) >= 11 is 0. The lowest BCUT2D eigenvalue weighted by Gasteiger charge is -2.29.